The first kappa shape index (κ1) is 14.1. The molecule has 2 rings (SSSR count). The zero-order chi connectivity index (χ0) is 14.6. The number of carboxylic acids is 1. The van der Waals surface area contributed by atoms with Crippen molar-refractivity contribution in [1.82, 2.24) is 0 Å². The highest BCUT2D eigenvalue weighted by molar-refractivity contribution is 5.79. The van der Waals surface area contributed by atoms with E-state index in [1.807, 2.05) is 54.6 Å². The molecule has 20 heavy (non-hydrogen) atoms. The topological polar surface area (TPSA) is 49.3 Å². The van der Waals surface area contributed by atoms with Gasteiger partial charge in [-0.15, -0.1) is 0 Å². The maximum absolute atomic E-state index is 11.2. The SMILES string of the molecule is CC(C)(CNc1ccccc1-c1ccccc1)C(=O)O. The lowest BCUT2D eigenvalue weighted by molar-refractivity contribution is -0.146. The number of aliphatic carboxylic acids is 1. The van der Waals surface area contributed by atoms with Gasteiger partial charge in [-0.05, 0) is 25.5 Å². The zero-order valence-corrected chi connectivity index (χ0v) is 11.8. The Balaban J connectivity index is 2.24. The fourth-order valence-electron chi connectivity index (χ4n) is 1.90. The van der Waals surface area contributed by atoms with Crippen LogP contribution in [0.15, 0.2) is 54.6 Å². The second-order valence-electron chi connectivity index (χ2n) is 5.45. The molecule has 0 aromatic heterocycles. The van der Waals surface area contributed by atoms with Gasteiger partial charge >= 0.3 is 5.97 Å². The largest absolute Gasteiger partial charge is 0.481 e. The first-order chi connectivity index (χ1) is 9.50. The molecule has 0 unspecified atom stereocenters. The zero-order valence-electron chi connectivity index (χ0n) is 11.8. The summed E-state index contributed by atoms with van der Waals surface area (Å²) in [5, 5.41) is 12.4. The van der Waals surface area contributed by atoms with Gasteiger partial charge in [0.1, 0.15) is 0 Å². The van der Waals surface area contributed by atoms with Crippen molar-refractivity contribution in [3.8, 4) is 11.1 Å². The van der Waals surface area contributed by atoms with Gasteiger partial charge < -0.3 is 10.4 Å². The summed E-state index contributed by atoms with van der Waals surface area (Å²) in [4.78, 5) is 11.2. The first-order valence-corrected chi connectivity index (χ1v) is 6.62. The Morgan fingerprint density at radius 1 is 1.05 bits per heavy atom. The predicted molar refractivity (Wildman–Crippen MR) is 81.8 cm³/mol. The molecule has 0 fully saturated rings. The van der Waals surface area contributed by atoms with Crippen LogP contribution in [0.25, 0.3) is 11.1 Å². The molecule has 104 valence electrons. The molecule has 0 amide bonds. The van der Waals surface area contributed by atoms with Gasteiger partial charge in [0.05, 0.1) is 5.41 Å². The summed E-state index contributed by atoms with van der Waals surface area (Å²) in [5.74, 6) is -0.804. The first-order valence-electron chi connectivity index (χ1n) is 6.62. The van der Waals surface area contributed by atoms with Gasteiger partial charge in [0.15, 0.2) is 0 Å². The van der Waals surface area contributed by atoms with Crippen LogP contribution in [-0.4, -0.2) is 17.6 Å². The van der Waals surface area contributed by atoms with E-state index in [2.05, 4.69) is 5.32 Å². The highest BCUT2D eigenvalue weighted by Gasteiger charge is 2.26. The van der Waals surface area contributed by atoms with Crippen molar-refractivity contribution < 1.29 is 9.90 Å². The van der Waals surface area contributed by atoms with Crippen molar-refractivity contribution in [3.63, 3.8) is 0 Å². The Morgan fingerprint density at radius 3 is 2.30 bits per heavy atom. The molecule has 0 aliphatic heterocycles. The van der Waals surface area contributed by atoms with Gasteiger partial charge in [-0.2, -0.15) is 0 Å². The van der Waals surface area contributed by atoms with Gasteiger partial charge in [0.2, 0.25) is 0 Å². The Kier molecular flexibility index (Phi) is 4.08. The molecule has 0 bridgehead atoms. The van der Waals surface area contributed by atoms with Crippen LogP contribution in [0.5, 0.6) is 0 Å². The second kappa shape index (κ2) is 5.78. The van der Waals surface area contributed by atoms with Crippen molar-refractivity contribution in [2.24, 2.45) is 5.41 Å². The number of hydrogen-bond donors (Lipinski definition) is 2. The average Bonchev–Trinajstić information content (AvgIpc) is 2.46. The normalized spacial score (nSPS) is 11.1. The van der Waals surface area contributed by atoms with E-state index in [1.54, 1.807) is 13.8 Å². The molecule has 3 nitrogen and oxygen atoms in total. The summed E-state index contributed by atoms with van der Waals surface area (Å²) in [6.45, 7) is 3.81. The summed E-state index contributed by atoms with van der Waals surface area (Å²) < 4.78 is 0. The standard InChI is InChI=1S/C17H19NO2/c1-17(2,16(19)20)12-18-15-11-7-6-10-14(15)13-8-4-3-5-9-13/h3-11,18H,12H2,1-2H3,(H,19,20). The number of anilines is 1. The molecular weight excluding hydrogens is 250 g/mol. The van der Waals surface area contributed by atoms with E-state index in [-0.39, 0.29) is 0 Å². The molecule has 2 N–H and O–H groups in total. The Bertz CT molecular complexity index is 591. The molecule has 0 aliphatic rings. The Hall–Kier alpha value is -2.29. The van der Waals surface area contributed by atoms with Crippen LogP contribution in [0, 0.1) is 5.41 Å². The van der Waals surface area contributed by atoms with Crippen molar-refractivity contribution in [3.05, 3.63) is 54.6 Å². The number of benzene rings is 2. The minimum absolute atomic E-state index is 0.381. The monoisotopic (exact) mass is 269 g/mol. The van der Waals surface area contributed by atoms with Gasteiger partial charge in [0.25, 0.3) is 0 Å². The molecule has 0 atom stereocenters. The lowest BCUT2D eigenvalue weighted by atomic mass is 9.93. The van der Waals surface area contributed by atoms with Crippen LogP contribution in [0.4, 0.5) is 5.69 Å². The van der Waals surface area contributed by atoms with E-state index in [1.165, 1.54) is 0 Å². The van der Waals surface area contributed by atoms with Gasteiger partial charge in [-0.25, -0.2) is 0 Å². The molecular formula is C17H19NO2. The van der Waals surface area contributed by atoms with Gasteiger partial charge in [-0.3, -0.25) is 4.79 Å². The van der Waals surface area contributed by atoms with Crippen LogP contribution in [-0.2, 0) is 4.79 Å². The highest BCUT2D eigenvalue weighted by atomic mass is 16.4. The second-order valence-corrected chi connectivity index (χ2v) is 5.45. The fourth-order valence-corrected chi connectivity index (χ4v) is 1.90. The molecule has 2 aromatic rings. The maximum atomic E-state index is 11.2. The van der Waals surface area contributed by atoms with Crippen LogP contribution < -0.4 is 5.32 Å². The molecule has 3 heteroatoms. The number of hydrogen-bond acceptors (Lipinski definition) is 2. The third-order valence-electron chi connectivity index (χ3n) is 3.31. The van der Waals surface area contributed by atoms with Crippen molar-refractivity contribution >= 4 is 11.7 Å². The molecule has 2 aromatic carbocycles. The summed E-state index contributed by atoms with van der Waals surface area (Å²) in [6, 6.07) is 18.0. The Labute approximate surface area is 119 Å². The summed E-state index contributed by atoms with van der Waals surface area (Å²) in [5.41, 5.74) is 2.34. The minimum Gasteiger partial charge on any atom is -0.481 e. The van der Waals surface area contributed by atoms with E-state index in [0.717, 1.165) is 16.8 Å². The average molecular weight is 269 g/mol. The molecule has 0 saturated carbocycles. The third kappa shape index (κ3) is 3.18. The predicted octanol–water partition coefficient (Wildman–Crippen LogP) is 3.88. The fraction of sp³-hybridized carbons (Fsp3) is 0.235. The van der Waals surface area contributed by atoms with Crippen LogP contribution in [0.1, 0.15) is 13.8 Å². The van der Waals surface area contributed by atoms with E-state index in [0.29, 0.717) is 6.54 Å². The molecule has 0 aliphatic carbocycles. The lowest BCUT2D eigenvalue weighted by Gasteiger charge is -2.21. The minimum atomic E-state index is -0.804. The molecule has 0 spiro atoms. The Morgan fingerprint density at radius 2 is 1.65 bits per heavy atom. The summed E-state index contributed by atoms with van der Waals surface area (Å²) in [6.07, 6.45) is 0. The van der Waals surface area contributed by atoms with Crippen molar-refractivity contribution in [2.75, 3.05) is 11.9 Å². The molecule has 0 saturated heterocycles. The van der Waals surface area contributed by atoms with Crippen LogP contribution in [0.3, 0.4) is 0 Å². The number of rotatable bonds is 5. The third-order valence-corrected chi connectivity index (χ3v) is 3.31. The van der Waals surface area contributed by atoms with Crippen LogP contribution >= 0.6 is 0 Å². The van der Waals surface area contributed by atoms with E-state index >= 15 is 0 Å². The maximum Gasteiger partial charge on any atom is 0.310 e. The van der Waals surface area contributed by atoms with Crippen LogP contribution in [0.2, 0.25) is 0 Å². The number of para-hydroxylation sites is 1. The smallest absolute Gasteiger partial charge is 0.310 e. The van der Waals surface area contributed by atoms with Gasteiger partial charge in [-0.1, -0.05) is 48.5 Å². The van der Waals surface area contributed by atoms with Crippen molar-refractivity contribution in [2.45, 2.75) is 13.8 Å². The quantitative estimate of drug-likeness (QED) is 0.866. The molecule has 0 heterocycles. The van der Waals surface area contributed by atoms with E-state index in [9.17, 15) is 4.79 Å². The van der Waals surface area contributed by atoms with Crippen molar-refractivity contribution in [1.29, 1.82) is 0 Å². The number of carbonyl (C=O) groups is 1. The summed E-state index contributed by atoms with van der Waals surface area (Å²) in [7, 11) is 0. The van der Waals surface area contributed by atoms with E-state index < -0.39 is 11.4 Å². The lowest BCUT2D eigenvalue weighted by Crippen LogP contribution is -2.31. The molecule has 0 radical (unpaired) electrons. The number of nitrogens with one attached hydrogen (secondary N) is 1. The van der Waals surface area contributed by atoms with Gasteiger partial charge in [0, 0.05) is 17.8 Å². The highest BCUT2D eigenvalue weighted by Crippen LogP contribution is 2.28. The van der Waals surface area contributed by atoms with E-state index in [4.69, 9.17) is 5.11 Å². The summed E-state index contributed by atoms with van der Waals surface area (Å²) >= 11 is 0. The number of carboxylic acid groups (broad SMARTS) is 1.